The van der Waals surface area contributed by atoms with E-state index in [9.17, 15) is 9.90 Å². The molecule has 0 saturated carbocycles. The van der Waals surface area contributed by atoms with Crippen molar-refractivity contribution < 1.29 is 14.6 Å². The lowest BCUT2D eigenvalue weighted by atomic mass is 10.0. The number of aliphatic hydroxyl groups is 1. The Labute approximate surface area is 108 Å². The molecule has 0 spiro atoms. The van der Waals surface area contributed by atoms with Crippen molar-refractivity contribution >= 4 is 5.97 Å². The zero-order valence-corrected chi connectivity index (χ0v) is 11.1. The highest BCUT2D eigenvalue weighted by Crippen LogP contribution is 2.18. The van der Waals surface area contributed by atoms with Gasteiger partial charge < -0.3 is 15.2 Å². The molecule has 0 aromatic heterocycles. The van der Waals surface area contributed by atoms with Crippen LogP contribution in [0.1, 0.15) is 32.4 Å². The van der Waals surface area contributed by atoms with Gasteiger partial charge >= 0.3 is 5.97 Å². The third-order valence-corrected chi connectivity index (χ3v) is 2.52. The number of hydrogen-bond acceptors (Lipinski definition) is 4. The minimum atomic E-state index is -1.20. The molecule has 4 heteroatoms. The first-order valence-corrected chi connectivity index (χ1v) is 6.22. The van der Waals surface area contributed by atoms with E-state index >= 15 is 0 Å². The molecule has 0 aliphatic carbocycles. The second kappa shape index (κ2) is 7.13. The molecule has 2 N–H and O–H groups in total. The SMILES string of the molecule is CCOC(=O)[C@H](O)[C@H](NC(C)C)c1ccccc1. The number of ether oxygens (including phenoxy) is 1. The molecule has 1 aromatic rings. The van der Waals surface area contributed by atoms with E-state index in [0.29, 0.717) is 0 Å². The topological polar surface area (TPSA) is 58.6 Å². The van der Waals surface area contributed by atoms with Gasteiger partial charge in [0.15, 0.2) is 6.10 Å². The molecular weight excluding hydrogens is 230 g/mol. The summed E-state index contributed by atoms with van der Waals surface area (Å²) >= 11 is 0. The van der Waals surface area contributed by atoms with Gasteiger partial charge in [-0.25, -0.2) is 4.79 Å². The van der Waals surface area contributed by atoms with Gasteiger partial charge in [0, 0.05) is 6.04 Å². The van der Waals surface area contributed by atoms with Crippen LogP contribution in [0.5, 0.6) is 0 Å². The zero-order chi connectivity index (χ0) is 13.5. The monoisotopic (exact) mass is 251 g/mol. The summed E-state index contributed by atoms with van der Waals surface area (Å²) in [5.74, 6) is -0.598. The third-order valence-electron chi connectivity index (χ3n) is 2.52. The molecule has 0 aliphatic rings. The van der Waals surface area contributed by atoms with Gasteiger partial charge in [0.2, 0.25) is 0 Å². The average Bonchev–Trinajstić information content (AvgIpc) is 2.36. The number of carbonyl (C=O) groups is 1. The Kier molecular flexibility index (Phi) is 5.82. The number of aliphatic hydroxyl groups excluding tert-OH is 1. The number of nitrogens with one attached hydrogen (secondary N) is 1. The maximum atomic E-state index is 11.6. The fraction of sp³-hybridized carbons (Fsp3) is 0.500. The summed E-state index contributed by atoms with van der Waals surface area (Å²) in [5.41, 5.74) is 0.867. The first kappa shape index (κ1) is 14.7. The molecule has 0 bridgehead atoms. The molecule has 4 nitrogen and oxygen atoms in total. The molecule has 18 heavy (non-hydrogen) atoms. The first-order valence-electron chi connectivity index (χ1n) is 6.22. The summed E-state index contributed by atoms with van der Waals surface area (Å²) in [4.78, 5) is 11.6. The van der Waals surface area contributed by atoms with Gasteiger partial charge in [-0.3, -0.25) is 0 Å². The molecule has 1 rings (SSSR count). The molecule has 1 aromatic carbocycles. The molecule has 0 aliphatic heterocycles. The van der Waals surface area contributed by atoms with Crippen molar-refractivity contribution in [2.75, 3.05) is 6.61 Å². The predicted molar refractivity (Wildman–Crippen MR) is 70.1 cm³/mol. The number of rotatable bonds is 6. The fourth-order valence-electron chi connectivity index (χ4n) is 1.75. The Bertz CT molecular complexity index is 365. The number of carbonyl (C=O) groups excluding carboxylic acids is 1. The zero-order valence-electron chi connectivity index (χ0n) is 11.1. The van der Waals surface area contributed by atoms with Crippen molar-refractivity contribution in [1.29, 1.82) is 0 Å². The molecule has 0 fully saturated rings. The van der Waals surface area contributed by atoms with Crippen LogP contribution in [0, 0.1) is 0 Å². The summed E-state index contributed by atoms with van der Waals surface area (Å²) < 4.78 is 4.86. The van der Waals surface area contributed by atoms with Crippen LogP contribution < -0.4 is 5.32 Å². The summed E-state index contributed by atoms with van der Waals surface area (Å²) in [7, 11) is 0. The van der Waals surface area contributed by atoms with E-state index in [4.69, 9.17) is 4.74 Å². The lowest BCUT2D eigenvalue weighted by Gasteiger charge is -2.25. The average molecular weight is 251 g/mol. The maximum absolute atomic E-state index is 11.6. The van der Waals surface area contributed by atoms with Crippen LogP contribution in [-0.4, -0.2) is 29.8 Å². The number of esters is 1. The summed E-state index contributed by atoms with van der Waals surface area (Å²) in [6.45, 7) is 5.92. The Morgan fingerprint density at radius 1 is 1.33 bits per heavy atom. The number of hydrogen-bond donors (Lipinski definition) is 2. The predicted octanol–water partition coefficient (Wildman–Crippen LogP) is 1.65. The highest BCUT2D eigenvalue weighted by Gasteiger charge is 2.28. The minimum absolute atomic E-state index is 0.152. The lowest BCUT2D eigenvalue weighted by Crippen LogP contribution is -2.41. The van der Waals surface area contributed by atoms with E-state index in [1.807, 2.05) is 44.2 Å². The molecule has 2 atom stereocenters. The van der Waals surface area contributed by atoms with Crippen LogP contribution in [0.15, 0.2) is 30.3 Å². The first-order chi connectivity index (χ1) is 8.56. The Morgan fingerprint density at radius 2 is 1.94 bits per heavy atom. The van der Waals surface area contributed by atoms with Crippen molar-refractivity contribution in [3.63, 3.8) is 0 Å². The van der Waals surface area contributed by atoms with E-state index in [0.717, 1.165) is 5.56 Å². The summed E-state index contributed by atoms with van der Waals surface area (Å²) in [5, 5.41) is 13.3. The van der Waals surface area contributed by atoms with Crippen LogP contribution in [0.2, 0.25) is 0 Å². The molecule has 0 amide bonds. The van der Waals surface area contributed by atoms with E-state index in [1.165, 1.54) is 0 Å². The van der Waals surface area contributed by atoms with Crippen molar-refractivity contribution in [2.45, 2.75) is 39.0 Å². The molecular formula is C14H21NO3. The molecule has 0 unspecified atom stereocenters. The second-order valence-electron chi connectivity index (χ2n) is 4.41. The van der Waals surface area contributed by atoms with Gasteiger partial charge in [0.1, 0.15) is 0 Å². The maximum Gasteiger partial charge on any atom is 0.336 e. The van der Waals surface area contributed by atoms with Gasteiger partial charge in [0.05, 0.1) is 12.6 Å². The van der Waals surface area contributed by atoms with Crippen LogP contribution in [0.3, 0.4) is 0 Å². The highest BCUT2D eigenvalue weighted by molar-refractivity contribution is 5.75. The lowest BCUT2D eigenvalue weighted by molar-refractivity contribution is -0.154. The van der Waals surface area contributed by atoms with E-state index in [2.05, 4.69) is 5.32 Å². The normalized spacial score (nSPS) is 14.3. The van der Waals surface area contributed by atoms with Gasteiger partial charge in [-0.05, 0) is 12.5 Å². The second-order valence-corrected chi connectivity index (χ2v) is 4.41. The van der Waals surface area contributed by atoms with E-state index < -0.39 is 18.1 Å². The van der Waals surface area contributed by atoms with Gasteiger partial charge in [0.25, 0.3) is 0 Å². The van der Waals surface area contributed by atoms with Crippen molar-refractivity contribution in [3.8, 4) is 0 Å². The van der Waals surface area contributed by atoms with Crippen molar-refractivity contribution in [1.82, 2.24) is 5.32 Å². The summed E-state index contributed by atoms with van der Waals surface area (Å²) in [6.07, 6.45) is -1.20. The molecule has 0 radical (unpaired) electrons. The molecule has 100 valence electrons. The minimum Gasteiger partial charge on any atom is -0.464 e. The smallest absolute Gasteiger partial charge is 0.336 e. The fourth-order valence-corrected chi connectivity index (χ4v) is 1.75. The van der Waals surface area contributed by atoms with Crippen molar-refractivity contribution in [2.24, 2.45) is 0 Å². The van der Waals surface area contributed by atoms with Crippen LogP contribution in [0.25, 0.3) is 0 Å². The quantitative estimate of drug-likeness (QED) is 0.755. The van der Waals surface area contributed by atoms with Crippen LogP contribution >= 0.6 is 0 Å². The molecule has 0 saturated heterocycles. The van der Waals surface area contributed by atoms with Gasteiger partial charge in [-0.1, -0.05) is 44.2 Å². The highest BCUT2D eigenvalue weighted by atomic mass is 16.5. The Hall–Kier alpha value is -1.39. The van der Waals surface area contributed by atoms with Crippen molar-refractivity contribution in [3.05, 3.63) is 35.9 Å². The van der Waals surface area contributed by atoms with E-state index in [1.54, 1.807) is 6.92 Å². The van der Waals surface area contributed by atoms with Gasteiger partial charge in [-0.2, -0.15) is 0 Å². The molecule has 0 heterocycles. The summed E-state index contributed by atoms with van der Waals surface area (Å²) in [6, 6.07) is 9.10. The Morgan fingerprint density at radius 3 is 2.44 bits per heavy atom. The largest absolute Gasteiger partial charge is 0.464 e. The third kappa shape index (κ3) is 4.13. The number of benzene rings is 1. The standard InChI is InChI=1S/C14H21NO3/c1-4-18-14(17)13(16)12(15-10(2)3)11-8-6-5-7-9-11/h5-10,12-13,15-16H,4H2,1-3H3/t12-,13-/m1/s1. The van der Waals surface area contributed by atoms with Crippen LogP contribution in [-0.2, 0) is 9.53 Å². The van der Waals surface area contributed by atoms with Crippen LogP contribution in [0.4, 0.5) is 0 Å². The van der Waals surface area contributed by atoms with E-state index in [-0.39, 0.29) is 12.6 Å². The van der Waals surface area contributed by atoms with Gasteiger partial charge in [-0.15, -0.1) is 0 Å². The Balaban J connectivity index is 2.88.